The third-order valence-corrected chi connectivity index (χ3v) is 4.18. The maximum Gasteiger partial charge on any atom is 0.305 e. The fourth-order valence-corrected chi connectivity index (χ4v) is 2.93. The standard InChI is InChI=1S/C15H17ClFNO4/c1-22-10-5-9(6-15(20)21)18(8-10)14(19)7-11-12(16)3-2-4-13(11)17/h2-4,9-10H,5-8H2,1H3,(H,20,21). The highest BCUT2D eigenvalue weighted by atomic mass is 35.5. The van der Waals surface area contributed by atoms with Crippen LogP contribution in [0.4, 0.5) is 4.39 Å². The highest BCUT2D eigenvalue weighted by Gasteiger charge is 2.36. The topological polar surface area (TPSA) is 66.8 Å². The number of aliphatic carboxylic acids is 1. The fourth-order valence-electron chi connectivity index (χ4n) is 2.70. The molecular formula is C15H17ClFNO4. The molecule has 5 nitrogen and oxygen atoms in total. The molecule has 1 N–H and O–H groups in total. The molecular weight excluding hydrogens is 313 g/mol. The first-order chi connectivity index (χ1) is 10.4. The molecule has 1 fully saturated rings. The molecule has 1 aliphatic heterocycles. The van der Waals surface area contributed by atoms with Gasteiger partial charge in [-0.3, -0.25) is 9.59 Å². The number of hydrogen-bond acceptors (Lipinski definition) is 3. The van der Waals surface area contributed by atoms with E-state index in [0.29, 0.717) is 13.0 Å². The van der Waals surface area contributed by atoms with Crippen molar-refractivity contribution in [2.24, 2.45) is 0 Å². The largest absolute Gasteiger partial charge is 0.481 e. The molecule has 0 bridgehead atoms. The van der Waals surface area contributed by atoms with Crippen molar-refractivity contribution >= 4 is 23.5 Å². The Morgan fingerprint density at radius 2 is 2.23 bits per heavy atom. The first kappa shape index (κ1) is 16.7. The van der Waals surface area contributed by atoms with Gasteiger partial charge in [0, 0.05) is 30.3 Å². The minimum Gasteiger partial charge on any atom is -0.481 e. The summed E-state index contributed by atoms with van der Waals surface area (Å²) in [6.45, 7) is 0.305. The van der Waals surface area contributed by atoms with E-state index >= 15 is 0 Å². The summed E-state index contributed by atoms with van der Waals surface area (Å²) in [4.78, 5) is 24.8. The van der Waals surface area contributed by atoms with Gasteiger partial charge in [-0.2, -0.15) is 0 Å². The number of nitrogens with zero attached hydrogens (tertiary/aromatic N) is 1. The van der Waals surface area contributed by atoms with Crippen LogP contribution >= 0.6 is 11.6 Å². The van der Waals surface area contributed by atoms with Crippen LogP contribution in [-0.4, -0.2) is 47.7 Å². The van der Waals surface area contributed by atoms with Gasteiger partial charge in [-0.05, 0) is 18.6 Å². The number of halogens is 2. The van der Waals surface area contributed by atoms with Gasteiger partial charge in [0.05, 0.1) is 18.9 Å². The second-order valence-electron chi connectivity index (χ2n) is 5.27. The van der Waals surface area contributed by atoms with Crippen LogP contribution in [0.25, 0.3) is 0 Å². The maximum atomic E-state index is 13.8. The Morgan fingerprint density at radius 1 is 1.50 bits per heavy atom. The average molecular weight is 330 g/mol. The number of amides is 1. The average Bonchev–Trinajstić information content (AvgIpc) is 2.85. The van der Waals surface area contributed by atoms with Crippen LogP contribution in [0.3, 0.4) is 0 Å². The maximum absolute atomic E-state index is 13.8. The predicted molar refractivity (Wildman–Crippen MR) is 78.3 cm³/mol. The Hall–Kier alpha value is -1.66. The van der Waals surface area contributed by atoms with E-state index in [-0.39, 0.29) is 35.4 Å². The molecule has 1 heterocycles. The lowest BCUT2D eigenvalue weighted by atomic mass is 10.1. The molecule has 2 rings (SSSR count). The molecule has 2 unspecified atom stereocenters. The zero-order valence-electron chi connectivity index (χ0n) is 12.1. The van der Waals surface area contributed by atoms with E-state index in [1.54, 1.807) is 0 Å². The van der Waals surface area contributed by atoms with Gasteiger partial charge in [-0.15, -0.1) is 0 Å². The molecule has 0 spiro atoms. The first-order valence-electron chi connectivity index (χ1n) is 6.89. The van der Waals surface area contributed by atoms with Crippen molar-refractivity contribution in [2.75, 3.05) is 13.7 Å². The minimum absolute atomic E-state index is 0.129. The predicted octanol–water partition coefficient (Wildman–Crippen LogP) is 2.11. The molecule has 1 aromatic carbocycles. The number of rotatable bonds is 5. The molecule has 0 radical (unpaired) electrons. The van der Waals surface area contributed by atoms with Gasteiger partial charge in [0.25, 0.3) is 0 Å². The minimum atomic E-state index is -0.983. The van der Waals surface area contributed by atoms with Crippen LogP contribution in [0.15, 0.2) is 18.2 Å². The summed E-state index contributed by atoms with van der Waals surface area (Å²) in [6, 6.07) is 3.78. The van der Waals surface area contributed by atoms with Crippen molar-refractivity contribution in [3.05, 3.63) is 34.6 Å². The van der Waals surface area contributed by atoms with Gasteiger partial charge >= 0.3 is 5.97 Å². The van der Waals surface area contributed by atoms with Crippen LogP contribution in [-0.2, 0) is 20.7 Å². The Labute approximate surface area is 132 Å². The van der Waals surface area contributed by atoms with Crippen molar-refractivity contribution in [1.29, 1.82) is 0 Å². The normalized spacial score (nSPS) is 21.1. The second-order valence-corrected chi connectivity index (χ2v) is 5.68. The molecule has 22 heavy (non-hydrogen) atoms. The fraction of sp³-hybridized carbons (Fsp3) is 0.467. The molecule has 1 aromatic rings. The molecule has 1 aliphatic rings. The number of methoxy groups -OCH3 is 1. The van der Waals surface area contributed by atoms with Gasteiger partial charge in [0.1, 0.15) is 5.82 Å². The Balaban J connectivity index is 2.14. The summed E-state index contributed by atoms with van der Waals surface area (Å²) in [7, 11) is 1.52. The summed E-state index contributed by atoms with van der Waals surface area (Å²) in [5, 5.41) is 9.14. The summed E-state index contributed by atoms with van der Waals surface area (Å²) in [5.41, 5.74) is 0.129. The number of carbonyl (C=O) groups is 2. The van der Waals surface area contributed by atoms with Gasteiger partial charge in [0.2, 0.25) is 5.91 Å². The first-order valence-corrected chi connectivity index (χ1v) is 7.27. The lowest BCUT2D eigenvalue weighted by Crippen LogP contribution is -2.38. The van der Waals surface area contributed by atoms with Crippen LogP contribution < -0.4 is 0 Å². The van der Waals surface area contributed by atoms with Crippen molar-refractivity contribution in [3.8, 4) is 0 Å². The number of carbonyl (C=O) groups excluding carboxylic acids is 1. The summed E-state index contributed by atoms with van der Waals surface area (Å²) < 4.78 is 19.0. The Morgan fingerprint density at radius 3 is 2.82 bits per heavy atom. The summed E-state index contributed by atoms with van der Waals surface area (Å²) in [6.07, 6.45) is -0.0989. The molecule has 0 saturated carbocycles. The molecule has 0 aliphatic carbocycles. The van der Waals surface area contributed by atoms with Gasteiger partial charge < -0.3 is 14.7 Å². The number of hydrogen-bond donors (Lipinski definition) is 1. The molecule has 1 amide bonds. The third-order valence-electron chi connectivity index (χ3n) is 3.83. The molecule has 7 heteroatoms. The molecule has 0 aromatic heterocycles. The zero-order chi connectivity index (χ0) is 16.3. The molecule has 1 saturated heterocycles. The highest BCUT2D eigenvalue weighted by molar-refractivity contribution is 6.31. The summed E-state index contributed by atoms with van der Waals surface area (Å²) in [5.74, 6) is -1.88. The van der Waals surface area contributed by atoms with E-state index in [2.05, 4.69) is 0 Å². The van der Waals surface area contributed by atoms with Gasteiger partial charge in [-0.25, -0.2) is 4.39 Å². The number of ether oxygens (including phenoxy) is 1. The van der Waals surface area contributed by atoms with Gasteiger partial charge in [-0.1, -0.05) is 17.7 Å². The number of carboxylic acid groups (broad SMARTS) is 1. The molecule has 120 valence electrons. The van der Waals surface area contributed by atoms with E-state index in [9.17, 15) is 14.0 Å². The Bertz CT molecular complexity index is 560. The SMILES string of the molecule is COC1CC(CC(=O)O)N(C(=O)Cc2c(F)cccc2Cl)C1. The van der Waals surface area contributed by atoms with Gasteiger partial charge in [0.15, 0.2) is 0 Å². The smallest absolute Gasteiger partial charge is 0.305 e. The molecule has 2 atom stereocenters. The van der Waals surface area contributed by atoms with Crippen LogP contribution in [0, 0.1) is 5.82 Å². The van der Waals surface area contributed by atoms with E-state index in [1.807, 2.05) is 0 Å². The van der Waals surface area contributed by atoms with Crippen molar-refractivity contribution in [1.82, 2.24) is 4.90 Å². The van der Waals surface area contributed by atoms with Crippen molar-refractivity contribution in [3.63, 3.8) is 0 Å². The number of carboxylic acids is 1. The Kier molecular flexibility index (Phi) is 5.37. The second kappa shape index (κ2) is 7.07. The van der Waals surface area contributed by atoms with E-state index in [4.69, 9.17) is 21.4 Å². The van der Waals surface area contributed by atoms with Crippen molar-refractivity contribution in [2.45, 2.75) is 31.4 Å². The summed E-state index contributed by atoms with van der Waals surface area (Å²) >= 11 is 5.93. The lowest BCUT2D eigenvalue weighted by Gasteiger charge is -2.23. The van der Waals surface area contributed by atoms with E-state index < -0.39 is 17.8 Å². The van der Waals surface area contributed by atoms with Crippen LogP contribution in [0.2, 0.25) is 5.02 Å². The monoisotopic (exact) mass is 329 g/mol. The van der Waals surface area contributed by atoms with E-state index in [0.717, 1.165) is 0 Å². The quantitative estimate of drug-likeness (QED) is 0.898. The highest BCUT2D eigenvalue weighted by Crippen LogP contribution is 2.26. The number of benzene rings is 1. The zero-order valence-corrected chi connectivity index (χ0v) is 12.8. The van der Waals surface area contributed by atoms with Crippen LogP contribution in [0.1, 0.15) is 18.4 Å². The third kappa shape index (κ3) is 3.75. The lowest BCUT2D eigenvalue weighted by molar-refractivity contribution is -0.139. The van der Waals surface area contributed by atoms with Crippen LogP contribution in [0.5, 0.6) is 0 Å². The van der Waals surface area contributed by atoms with E-state index in [1.165, 1.54) is 30.2 Å². The number of likely N-dealkylation sites (tertiary alicyclic amines) is 1. The van der Waals surface area contributed by atoms with Crippen molar-refractivity contribution < 1.29 is 23.8 Å².